The van der Waals surface area contributed by atoms with Gasteiger partial charge in [-0.1, -0.05) is 41.6 Å². The summed E-state index contributed by atoms with van der Waals surface area (Å²) >= 11 is 7.78. The van der Waals surface area contributed by atoms with E-state index in [0.29, 0.717) is 20.0 Å². The Bertz CT molecular complexity index is 1590. The highest BCUT2D eigenvalue weighted by Crippen LogP contribution is 2.47. The Balaban J connectivity index is 1.18. The lowest BCUT2D eigenvalue weighted by Gasteiger charge is -2.41. The molecule has 0 radical (unpaired) electrons. The van der Waals surface area contributed by atoms with Gasteiger partial charge in [-0.25, -0.2) is 15.0 Å². The second-order valence-corrected chi connectivity index (χ2v) is 10.1. The van der Waals surface area contributed by atoms with Crippen molar-refractivity contribution in [1.82, 2.24) is 19.5 Å². The molecule has 35 heavy (non-hydrogen) atoms. The first-order valence-electron chi connectivity index (χ1n) is 12.6. The van der Waals surface area contributed by atoms with Gasteiger partial charge in [-0.15, -0.1) is 0 Å². The Hall–Kier alpha value is -3.14. The zero-order chi connectivity index (χ0) is 26.7. The van der Waals surface area contributed by atoms with Crippen molar-refractivity contribution >= 4 is 40.1 Å². The monoisotopic (exact) mass is 509 g/mol. The number of para-hydroxylation sites is 1. The molecule has 4 aromatic rings. The summed E-state index contributed by atoms with van der Waals surface area (Å²) in [5.74, 6) is 1.62. The van der Waals surface area contributed by atoms with Crippen LogP contribution in [0.5, 0.6) is 5.75 Å². The maximum atomic E-state index is 12.8. The topological polar surface area (TPSA) is 99.2 Å². The molecule has 178 valence electrons. The van der Waals surface area contributed by atoms with Gasteiger partial charge in [-0.05, 0) is 18.2 Å². The van der Waals surface area contributed by atoms with Crippen LogP contribution in [0, 0.1) is 0 Å². The average Bonchev–Trinajstić information content (AvgIpc) is 3.17. The third kappa shape index (κ3) is 3.74. The number of hydrogen-bond acceptors (Lipinski definition) is 8. The summed E-state index contributed by atoms with van der Waals surface area (Å²) < 4.78 is 29.6. The molecule has 2 N–H and O–H groups in total. The number of anilines is 1. The molecule has 0 saturated carbocycles. The Labute approximate surface area is 215 Å². The van der Waals surface area contributed by atoms with E-state index >= 15 is 0 Å². The van der Waals surface area contributed by atoms with Crippen molar-refractivity contribution in [1.29, 1.82) is 0 Å². The third-order valence-electron chi connectivity index (χ3n) is 6.73. The van der Waals surface area contributed by atoms with Gasteiger partial charge in [0.05, 0.1) is 40.7 Å². The van der Waals surface area contributed by atoms with Crippen LogP contribution in [0.3, 0.4) is 0 Å². The fraction of sp³-hybridized carbons (Fsp3) is 0.280. The molecule has 0 bridgehead atoms. The number of fused-ring (bicyclic) bond motifs is 2. The lowest BCUT2D eigenvalue weighted by atomic mass is 9.83. The molecule has 6 rings (SSSR count). The molecular formula is C25H23ClN6O2S. The van der Waals surface area contributed by atoms with Crippen LogP contribution in [-0.2, 0) is 6.98 Å². The van der Waals surface area contributed by atoms with E-state index in [2.05, 4.69) is 19.9 Å². The summed E-state index contributed by atoms with van der Waals surface area (Å²) in [5.41, 5.74) is 6.84. The predicted molar refractivity (Wildman–Crippen MR) is 136 cm³/mol. The van der Waals surface area contributed by atoms with E-state index in [1.807, 2.05) is 24.3 Å². The summed E-state index contributed by atoms with van der Waals surface area (Å²) in [7, 11) is 0. The normalized spacial score (nSPS) is 20.2. The van der Waals surface area contributed by atoms with E-state index in [1.165, 1.54) is 11.8 Å². The second kappa shape index (κ2) is 8.51. The average molecular weight is 510 g/mol. The number of aromatic nitrogens is 4. The van der Waals surface area contributed by atoms with Crippen molar-refractivity contribution in [2.75, 3.05) is 18.0 Å². The van der Waals surface area contributed by atoms with Crippen LogP contribution in [0.1, 0.15) is 28.6 Å². The first-order chi connectivity index (χ1) is 18.2. The summed E-state index contributed by atoms with van der Waals surface area (Å²) in [5, 5.41) is 0.765. The summed E-state index contributed by atoms with van der Waals surface area (Å²) in [6, 6.07) is 11.2. The van der Waals surface area contributed by atoms with E-state index in [1.54, 1.807) is 24.5 Å². The number of piperidine rings is 1. The maximum Gasteiger partial charge on any atom is 0.262 e. The van der Waals surface area contributed by atoms with Crippen molar-refractivity contribution in [2.45, 2.75) is 34.4 Å². The summed E-state index contributed by atoms with van der Waals surface area (Å²) in [6.45, 7) is -1.18. The Morgan fingerprint density at radius 1 is 1.17 bits per heavy atom. The number of hydrogen-bond donors (Lipinski definition) is 1. The molecule has 1 fully saturated rings. The molecule has 1 saturated heterocycles. The van der Waals surface area contributed by atoms with Crippen molar-refractivity contribution in [2.24, 2.45) is 12.7 Å². The minimum atomic E-state index is -2.65. The third-order valence-corrected chi connectivity index (χ3v) is 8.21. The lowest BCUT2D eigenvalue weighted by molar-refractivity contribution is 0.0431. The Kier molecular flexibility index (Phi) is 4.64. The summed E-state index contributed by atoms with van der Waals surface area (Å²) in [6.07, 6.45) is 5.93. The maximum absolute atomic E-state index is 12.8. The number of nitrogens with zero attached hydrogens (tertiary/aromatic N) is 5. The molecule has 2 aromatic heterocycles. The van der Waals surface area contributed by atoms with E-state index in [-0.39, 0.29) is 16.5 Å². The van der Waals surface area contributed by atoms with E-state index in [0.717, 1.165) is 49.4 Å². The van der Waals surface area contributed by atoms with E-state index < -0.39 is 18.1 Å². The first kappa shape index (κ1) is 19.1. The van der Waals surface area contributed by atoms with Crippen molar-refractivity contribution < 1.29 is 8.85 Å². The highest BCUT2D eigenvalue weighted by Gasteiger charge is 2.48. The van der Waals surface area contributed by atoms with Gasteiger partial charge in [-0.2, -0.15) is 0 Å². The fourth-order valence-electron chi connectivity index (χ4n) is 4.79. The molecule has 2 aliphatic heterocycles. The van der Waals surface area contributed by atoms with Gasteiger partial charge in [0.15, 0.2) is 0 Å². The van der Waals surface area contributed by atoms with Crippen LogP contribution < -0.4 is 20.9 Å². The zero-order valence-corrected chi connectivity index (χ0v) is 20.1. The van der Waals surface area contributed by atoms with Crippen LogP contribution in [-0.4, -0.2) is 38.2 Å². The molecule has 1 spiro atoms. The molecule has 10 heteroatoms. The number of ether oxygens (including phenoxy) is 1. The van der Waals surface area contributed by atoms with Crippen LogP contribution in [0.2, 0.25) is 5.02 Å². The standard InChI is InChI=1S/C25H23ClN6O2S/c1-31-14-30-16-6-7-18(22(26)21(16)24(31)33)35-20-13-28-19(12-29-20)32-10-8-25(9-11-32)23(27)15-4-2-3-5-17(15)34-25/h2-7,12-14,23H,8-11,27H2,1H3/t23-/m1/s1/i1D3. The highest BCUT2D eigenvalue weighted by molar-refractivity contribution is 7.99. The minimum absolute atomic E-state index is 0.0524. The van der Waals surface area contributed by atoms with Gasteiger partial charge in [0.2, 0.25) is 0 Å². The number of halogens is 1. The largest absolute Gasteiger partial charge is 0.485 e. The molecule has 8 nitrogen and oxygen atoms in total. The second-order valence-electron chi connectivity index (χ2n) is 8.68. The van der Waals surface area contributed by atoms with Gasteiger partial charge >= 0.3 is 0 Å². The van der Waals surface area contributed by atoms with Crippen LogP contribution in [0.25, 0.3) is 10.9 Å². The number of benzene rings is 2. The first-order valence-corrected chi connectivity index (χ1v) is 12.3. The minimum Gasteiger partial charge on any atom is -0.485 e. The Morgan fingerprint density at radius 2 is 2.00 bits per heavy atom. The molecule has 2 aromatic carbocycles. The van der Waals surface area contributed by atoms with Gasteiger partial charge in [-0.3, -0.25) is 4.79 Å². The van der Waals surface area contributed by atoms with Gasteiger partial charge < -0.3 is 19.9 Å². The molecule has 0 amide bonds. The van der Waals surface area contributed by atoms with Crippen LogP contribution in [0.15, 0.2) is 69.8 Å². The highest BCUT2D eigenvalue weighted by atomic mass is 35.5. The van der Waals surface area contributed by atoms with Crippen molar-refractivity contribution in [3.8, 4) is 5.75 Å². The Morgan fingerprint density at radius 3 is 2.74 bits per heavy atom. The number of aryl methyl sites for hydroxylation is 1. The molecule has 4 heterocycles. The molecule has 0 unspecified atom stereocenters. The van der Waals surface area contributed by atoms with Crippen LogP contribution in [0.4, 0.5) is 5.82 Å². The number of rotatable bonds is 3. The van der Waals surface area contributed by atoms with Gasteiger partial charge in [0, 0.05) is 47.5 Å². The predicted octanol–water partition coefficient (Wildman–Crippen LogP) is 3.96. The number of nitrogens with two attached hydrogens (primary N) is 1. The lowest BCUT2D eigenvalue weighted by Crippen LogP contribution is -2.51. The molecular weight excluding hydrogens is 484 g/mol. The zero-order valence-electron chi connectivity index (χ0n) is 21.5. The van der Waals surface area contributed by atoms with Gasteiger partial charge in [0.25, 0.3) is 5.56 Å². The van der Waals surface area contributed by atoms with Crippen molar-refractivity contribution in [3.63, 3.8) is 0 Å². The molecule has 2 aliphatic rings. The summed E-state index contributed by atoms with van der Waals surface area (Å²) in [4.78, 5) is 28.8. The van der Waals surface area contributed by atoms with Crippen LogP contribution >= 0.6 is 23.4 Å². The van der Waals surface area contributed by atoms with E-state index in [9.17, 15) is 4.79 Å². The fourth-order valence-corrected chi connectivity index (χ4v) is 5.91. The smallest absolute Gasteiger partial charge is 0.262 e. The van der Waals surface area contributed by atoms with Crippen molar-refractivity contribution in [3.05, 3.63) is 76.1 Å². The van der Waals surface area contributed by atoms with Gasteiger partial charge in [0.1, 0.15) is 22.2 Å². The molecule has 0 aliphatic carbocycles. The quantitative estimate of drug-likeness (QED) is 0.443. The molecule has 1 atom stereocenters. The SMILES string of the molecule is [2H]C([2H])([2H])n1cnc2ccc(Sc3cnc(N4CCC5(CC4)Oc4ccccc4[C@H]5N)cn3)c(Cl)c2c1=O. The van der Waals surface area contributed by atoms with E-state index in [4.69, 9.17) is 26.2 Å².